The Morgan fingerprint density at radius 3 is 1.40 bits per heavy atom. The fourth-order valence-corrected chi connectivity index (χ4v) is 4.60. The maximum atomic E-state index is 11.3. The standard InChI is InChI=1S/C11H20NO11P.3C6H15N/c1-4(10(16)17)21-9-7(12-5(2)14)11(23-24(18,19)20)22-6(3-13)8(9)15;3*1-4-7(5-2)6-3/h4,6-9,11,13,15H,3H2,1-2H3,(H,12,14)(H,16,17)(H2,18,19,20);3*4-6H2,1-3H3/t4-,6-,7-,8-,9-,11-;;;/m1.../s1. The molecule has 6 atom stereocenters. The number of hydrogen-bond donors (Lipinski definition) is 6. The van der Waals surface area contributed by atoms with Gasteiger partial charge >= 0.3 is 13.8 Å². The summed E-state index contributed by atoms with van der Waals surface area (Å²) in [7, 11) is -5.06. The topological polar surface area (TPSA) is 202 Å². The summed E-state index contributed by atoms with van der Waals surface area (Å²) in [6, 6.07) is -1.44. The summed E-state index contributed by atoms with van der Waals surface area (Å²) in [5.41, 5.74) is 0. The molecule has 0 radical (unpaired) electrons. The first-order valence-corrected chi connectivity index (χ1v) is 17.5. The number of amides is 1. The Labute approximate surface area is 271 Å². The first-order chi connectivity index (χ1) is 21.0. The Kier molecular flexibility index (Phi) is 29.8. The molecule has 1 fully saturated rings. The molecule has 0 bridgehead atoms. The summed E-state index contributed by atoms with van der Waals surface area (Å²) in [6.07, 6.45) is -7.65. The second-order valence-electron chi connectivity index (χ2n) is 9.98. The Morgan fingerprint density at radius 1 is 0.822 bits per heavy atom. The zero-order chi connectivity index (χ0) is 35.8. The first-order valence-electron chi connectivity index (χ1n) is 16.0. The van der Waals surface area contributed by atoms with Gasteiger partial charge in [-0.15, -0.1) is 0 Å². The van der Waals surface area contributed by atoms with Crippen molar-refractivity contribution in [2.45, 2.75) is 113 Å². The van der Waals surface area contributed by atoms with E-state index < -0.39 is 63.1 Å². The maximum absolute atomic E-state index is 11.3. The number of carbonyl (C=O) groups is 2. The number of aliphatic carboxylic acids is 1. The third-order valence-electron chi connectivity index (χ3n) is 7.20. The lowest BCUT2D eigenvalue weighted by molar-refractivity contribution is -0.262. The number of ether oxygens (including phenoxy) is 2. The maximum Gasteiger partial charge on any atom is 0.472 e. The number of phosphoric acid groups is 1. The summed E-state index contributed by atoms with van der Waals surface area (Å²) >= 11 is 0. The Bertz CT molecular complexity index is 736. The number of carboxylic acids is 1. The van der Waals surface area contributed by atoms with E-state index in [4.69, 9.17) is 24.4 Å². The van der Waals surface area contributed by atoms with Crippen molar-refractivity contribution in [3.8, 4) is 0 Å². The normalized spacial score (nSPS) is 22.0. The fraction of sp³-hybridized carbons (Fsp3) is 0.931. The fourth-order valence-electron chi connectivity index (χ4n) is 4.15. The molecule has 0 aromatic rings. The van der Waals surface area contributed by atoms with Crippen molar-refractivity contribution in [2.24, 2.45) is 0 Å². The molecule has 15 nitrogen and oxygen atoms in total. The van der Waals surface area contributed by atoms with Gasteiger partial charge < -0.3 is 54.6 Å². The van der Waals surface area contributed by atoms with Gasteiger partial charge in [0.15, 0.2) is 12.4 Å². The monoisotopic (exact) mass is 676 g/mol. The molecule has 16 heteroatoms. The van der Waals surface area contributed by atoms with E-state index in [0.29, 0.717) is 0 Å². The largest absolute Gasteiger partial charge is 0.479 e. The van der Waals surface area contributed by atoms with Gasteiger partial charge in [0.05, 0.1) is 6.61 Å². The van der Waals surface area contributed by atoms with Gasteiger partial charge in [0.2, 0.25) is 5.91 Å². The van der Waals surface area contributed by atoms with Crippen molar-refractivity contribution < 1.29 is 53.3 Å². The number of aliphatic hydroxyl groups excluding tert-OH is 2. The van der Waals surface area contributed by atoms with E-state index in [1.54, 1.807) is 0 Å². The van der Waals surface area contributed by atoms with Gasteiger partial charge in [0.1, 0.15) is 24.4 Å². The van der Waals surface area contributed by atoms with Crippen LogP contribution >= 0.6 is 7.82 Å². The minimum atomic E-state index is -5.06. The van der Waals surface area contributed by atoms with Crippen LogP contribution in [0.1, 0.15) is 76.2 Å². The van der Waals surface area contributed by atoms with E-state index >= 15 is 0 Å². The van der Waals surface area contributed by atoms with E-state index in [2.05, 4.69) is 86.9 Å². The molecule has 272 valence electrons. The molecule has 0 aliphatic carbocycles. The predicted molar refractivity (Wildman–Crippen MR) is 175 cm³/mol. The van der Waals surface area contributed by atoms with E-state index in [1.807, 2.05) is 0 Å². The molecule has 0 unspecified atom stereocenters. The zero-order valence-electron chi connectivity index (χ0n) is 29.5. The molecule has 1 aliphatic rings. The number of carboxylic acid groups (broad SMARTS) is 1. The van der Waals surface area contributed by atoms with Crippen LogP contribution < -0.4 is 5.32 Å². The minimum Gasteiger partial charge on any atom is -0.479 e. The van der Waals surface area contributed by atoms with Crippen LogP contribution in [-0.2, 0) is 28.2 Å². The van der Waals surface area contributed by atoms with E-state index in [0.717, 1.165) is 13.8 Å². The first kappa shape index (κ1) is 48.2. The number of hydrogen-bond acceptors (Lipinski definition) is 11. The van der Waals surface area contributed by atoms with Gasteiger partial charge in [-0.3, -0.25) is 9.32 Å². The molecular weight excluding hydrogens is 611 g/mol. The van der Waals surface area contributed by atoms with Crippen LogP contribution in [0, 0.1) is 0 Å². The third-order valence-corrected chi connectivity index (χ3v) is 7.68. The average molecular weight is 677 g/mol. The van der Waals surface area contributed by atoms with Crippen LogP contribution in [0.2, 0.25) is 0 Å². The summed E-state index contributed by atoms with van der Waals surface area (Å²) in [4.78, 5) is 47.3. The molecular formula is C29H65N4O11P. The lowest BCUT2D eigenvalue weighted by atomic mass is 9.96. The molecule has 0 aromatic carbocycles. The number of aliphatic hydroxyl groups is 2. The highest BCUT2D eigenvalue weighted by atomic mass is 31.2. The second kappa shape index (κ2) is 27.8. The van der Waals surface area contributed by atoms with Crippen molar-refractivity contribution in [1.82, 2.24) is 20.0 Å². The van der Waals surface area contributed by atoms with Crippen molar-refractivity contribution in [2.75, 3.05) is 65.5 Å². The molecule has 0 spiro atoms. The van der Waals surface area contributed by atoms with Crippen molar-refractivity contribution >= 4 is 19.7 Å². The lowest BCUT2D eigenvalue weighted by Crippen LogP contribution is -2.65. The van der Waals surface area contributed by atoms with Crippen LogP contribution in [0.5, 0.6) is 0 Å². The van der Waals surface area contributed by atoms with Gasteiger partial charge in [-0.05, 0) is 65.8 Å². The molecule has 0 aromatic heterocycles. The number of nitrogens with one attached hydrogen (secondary N) is 1. The second-order valence-corrected chi connectivity index (χ2v) is 11.2. The molecule has 1 heterocycles. The Hall–Kier alpha value is -1.23. The van der Waals surface area contributed by atoms with Crippen LogP contribution in [0.4, 0.5) is 0 Å². The van der Waals surface area contributed by atoms with Crippen molar-refractivity contribution in [3.05, 3.63) is 0 Å². The van der Waals surface area contributed by atoms with Crippen molar-refractivity contribution in [3.63, 3.8) is 0 Å². The highest BCUT2D eigenvalue weighted by Gasteiger charge is 2.49. The van der Waals surface area contributed by atoms with Crippen molar-refractivity contribution in [1.29, 1.82) is 0 Å². The quantitative estimate of drug-likeness (QED) is 0.129. The Morgan fingerprint density at radius 2 is 1.18 bits per heavy atom. The zero-order valence-corrected chi connectivity index (χ0v) is 30.4. The highest BCUT2D eigenvalue weighted by molar-refractivity contribution is 7.46. The SMILES string of the molecule is CC(=O)N[C@H]1[C@@H](OP(=O)(O)O)O[C@H](CO)[C@@H](O)[C@@H]1O[C@H](C)C(=O)O.CCN(CC)CC.CCN(CC)CC.CCN(CC)CC. The molecule has 45 heavy (non-hydrogen) atoms. The van der Waals surface area contributed by atoms with Crippen LogP contribution in [0.3, 0.4) is 0 Å². The number of carbonyl (C=O) groups excluding carboxylic acids is 1. The smallest absolute Gasteiger partial charge is 0.472 e. The Balaban J connectivity index is -0.000000679. The van der Waals surface area contributed by atoms with E-state index in [1.165, 1.54) is 58.9 Å². The molecule has 1 rings (SSSR count). The number of rotatable bonds is 16. The highest BCUT2D eigenvalue weighted by Crippen LogP contribution is 2.41. The van der Waals surface area contributed by atoms with Gasteiger partial charge in [0, 0.05) is 6.92 Å². The lowest BCUT2D eigenvalue weighted by Gasteiger charge is -2.44. The molecule has 1 saturated heterocycles. The van der Waals surface area contributed by atoms with E-state index in [-0.39, 0.29) is 0 Å². The molecule has 1 aliphatic heterocycles. The summed E-state index contributed by atoms with van der Waals surface area (Å²) in [6.45, 7) is 31.8. The molecule has 0 saturated carbocycles. The molecule has 6 N–H and O–H groups in total. The molecule has 1 amide bonds. The van der Waals surface area contributed by atoms with Crippen LogP contribution in [-0.4, -0.2) is 154 Å². The summed E-state index contributed by atoms with van der Waals surface area (Å²) in [5, 5.41) is 30.5. The van der Waals surface area contributed by atoms with Gasteiger partial charge in [-0.1, -0.05) is 62.3 Å². The average Bonchev–Trinajstić information content (AvgIpc) is 2.99. The van der Waals surface area contributed by atoms with Gasteiger partial charge in [-0.2, -0.15) is 0 Å². The predicted octanol–water partition coefficient (Wildman–Crippen LogP) is 1.58. The number of phosphoric ester groups is 1. The van der Waals surface area contributed by atoms with Crippen LogP contribution in [0.25, 0.3) is 0 Å². The van der Waals surface area contributed by atoms with Crippen LogP contribution in [0.15, 0.2) is 0 Å². The van der Waals surface area contributed by atoms with E-state index in [9.17, 15) is 24.4 Å². The third kappa shape index (κ3) is 22.9. The number of nitrogens with zero attached hydrogens (tertiary/aromatic N) is 3. The summed E-state index contributed by atoms with van der Waals surface area (Å²) < 4.78 is 25.7. The van der Waals surface area contributed by atoms with Gasteiger partial charge in [0.25, 0.3) is 0 Å². The van der Waals surface area contributed by atoms with Gasteiger partial charge in [-0.25, -0.2) is 9.36 Å². The minimum absolute atomic E-state index is 0.672. The summed E-state index contributed by atoms with van der Waals surface area (Å²) in [5.74, 6) is -2.04.